The molecule has 4 aromatic rings. The lowest BCUT2D eigenvalue weighted by Gasteiger charge is -2.06. The van der Waals surface area contributed by atoms with Gasteiger partial charge in [-0.1, -0.05) is 68.3 Å². The van der Waals surface area contributed by atoms with Crippen molar-refractivity contribution >= 4 is 74.6 Å². The van der Waals surface area contributed by atoms with Crippen LogP contribution >= 0.6 is 54.5 Å². The molecule has 0 unspecified atom stereocenters. The SMILES string of the molecule is O=S(=O)(NCc1cccs1)c1ccc(CBr)cc1.O=S(=O)(NCc1cccs1)c1ccc(CBr)cc1. The first-order valence-electron chi connectivity index (χ1n) is 10.6. The Morgan fingerprint density at radius 1 is 0.583 bits per heavy atom. The normalized spacial score (nSPS) is 11.6. The average molecular weight is 693 g/mol. The highest BCUT2D eigenvalue weighted by Crippen LogP contribution is 2.16. The van der Waals surface area contributed by atoms with E-state index in [0.717, 1.165) is 31.5 Å². The van der Waals surface area contributed by atoms with Gasteiger partial charge in [-0.05, 0) is 58.3 Å². The molecule has 2 N–H and O–H groups in total. The molecule has 0 amide bonds. The molecule has 6 nitrogen and oxygen atoms in total. The summed E-state index contributed by atoms with van der Waals surface area (Å²) in [7, 11) is -6.84. The zero-order valence-corrected chi connectivity index (χ0v) is 25.4. The molecule has 0 radical (unpaired) electrons. The lowest BCUT2D eigenvalue weighted by Crippen LogP contribution is -2.22. The van der Waals surface area contributed by atoms with Crippen LogP contribution in [0.25, 0.3) is 0 Å². The van der Waals surface area contributed by atoms with Crippen LogP contribution in [0, 0.1) is 0 Å². The van der Waals surface area contributed by atoms with Crippen LogP contribution in [-0.4, -0.2) is 16.8 Å². The Morgan fingerprint density at radius 3 is 1.22 bits per heavy atom. The van der Waals surface area contributed by atoms with Gasteiger partial charge in [-0.3, -0.25) is 0 Å². The van der Waals surface area contributed by atoms with Gasteiger partial charge in [0.05, 0.1) is 9.79 Å². The van der Waals surface area contributed by atoms with Crippen LogP contribution in [0.2, 0.25) is 0 Å². The zero-order valence-electron chi connectivity index (χ0n) is 18.9. The Labute approximate surface area is 237 Å². The molecule has 2 heterocycles. The summed E-state index contributed by atoms with van der Waals surface area (Å²) in [6, 6.07) is 21.3. The molecule has 0 saturated heterocycles. The second-order valence-corrected chi connectivity index (χ2v) is 14.1. The number of nitrogens with one attached hydrogen (secondary N) is 2. The number of sulfonamides is 2. The maximum atomic E-state index is 12.0. The highest BCUT2D eigenvalue weighted by atomic mass is 79.9. The fourth-order valence-corrected chi connectivity index (χ4v) is 7.07. The Kier molecular flexibility index (Phi) is 11.3. The fraction of sp³-hybridized carbons (Fsp3) is 0.167. The van der Waals surface area contributed by atoms with Gasteiger partial charge < -0.3 is 0 Å². The van der Waals surface area contributed by atoms with Gasteiger partial charge in [0.1, 0.15) is 0 Å². The Bertz CT molecular complexity index is 1290. The van der Waals surface area contributed by atoms with Gasteiger partial charge in [0.15, 0.2) is 0 Å². The number of thiophene rings is 2. The van der Waals surface area contributed by atoms with Crippen molar-refractivity contribution < 1.29 is 16.8 Å². The first-order chi connectivity index (χ1) is 17.2. The number of hydrogen-bond acceptors (Lipinski definition) is 6. The van der Waals surface area contributed by atoms with Gasteiger partial charge in [0.25, 0.3) is 0 Å². The molecule has 0 aliphatic carbocycles. The largest absolute Gasteiger partial charge is 0.240 e. The van der Waals surface area contributed by atoms with Gasteiger partial charge >= 0.3 is 0 Å². The predicted molar refractivity (Wildman–Crippen MR) is 155 cm³/mol. The van der Waals surface area contributed by atoms with E-state index in [4.69, 9.17) is 0 Å². The molecule has 2 aromatic heterocycles. The van der Waals surface area contributed by atoms with E-state index < -0.39 is 20.0 Å². The minimum Gasteiger partial charge on any atom is -0.207 e. The summed E-state index contributed by atoms with van der Waals surface area (Å²) in [5.41, 5.74) is 2.10. The topological polar surface area (TPSA) is 92.3 Å². The van der Waals surface area contributed by atoms with Gasteiger partial charge in [-0.15, -0.1) is 22.7 Å². The number of halogens is 2. The summed E-state index contributed by atoms with van der Waals surface area (Å²) in [4.78, 5) is 2.58. The molecule has 2 aromatic carbocycles. The quantitative estimate of drug-likeness (QED) is 0.193. The van der Waals surface area contributed by atoms with E-state index in [9.17, 15) is 16.8 Å². The second kappa shape index (κ2) is 14.0. The molecule has 12 heteroatoms. The summed E-state index contributed by atoms with van der Waals surface area (Å²) in [5.74, 6) is 0. The molecular weight excluding hydrogens is 668 g/mol. The van der Waals surface area contributed by atoms with E-state index in [1.54, 1.807) is 48.5 Å². The van der Waals surface area contributed by atoms with Crippen molar-refractivity contribution in [2.75, 3.05) is 0 Å². The molecule has 0 saturated carbocycles. The van der Waals surface area contributed by atoms with Crippen molar-refractivity contribution in [1.29, 1.82) is 0 Å². The van der Waals surface area contributed by atoms with Crippen molar-refractivity contribution in [3.63, 3.8) is 0 Å². The molecule has 36 heavy (non-hydrogen) atoms. The molecule has 0 aliphatic rings. The van der Waals surface area contributed by atoms with Crippen LogP contribution in [0.15, 0.2) is 93.3 Å². The molecule has 0 atom stereocenters. The number of benzene rings is 2. The minimum absolute atomic E-state index is 0.295. The van der Waals surface area contributed by atoms with E-state index in [1.807, 2.05) is 35.0 Å². The Hall–Kier alpha value is -1.38. The van der Waals surface area contributed by atoms with Crippen molar-refractivity contribution in [3.8, 4) is 0 Å². The fourth-order valence-electron chi connectivity index (χ4n) is 2.84. The first-order valence-corrected chi connectivity index (χ1v) is 17.5. The number of alkyl halides is 2. The lowest BCUT2D eigenvalue weighted by molar-refractivity contribution is 0.580. The van der Waals surface area contributed by atoms with Crippen LogP contribution in [0.1, 0.15) is 20.9 Å². The predicted octanol–water partition coefficient (Wildman–Crippen LogP) is 6.24. The standard InChI is InChI=1S/2C12H12BrNO2S2/c2*13-8-10-3-5-12(6-4-10)18(15,16)14-9-11-2-1-7-17-11/h2*1-7,14H,8-9H2. The summed E-state index contributed by atoms with van der Waals surface area (Å²) in [5, 5.41) is 5.29. The number of rotatable bonds is 10. The van der Waals surface area contributed by atoms with Crippen molar-refractivity contribution in [1.82, 2.24) is 9.44 Å². The smallest absolute Gasteiger partial charge is 0.207 e. The molecule has 0 spiro atoms. The maximum Gasteiger partial charge on any atom is 0.240 e. The first kappa shape index (κ1) is 29.2. The summed E-state index contributed by atoms with van der Waals surface area (Å²) < 4.78 is 53.2. The molecule has 0 fully saturated rings. The Balaban J connectivity index is 0.000000201. The molecule has 192 valence electrons. The Morgan fingerprint density at radius 2 is 0.944 bits per heavy atom. The summed E-state index contributed by atoms with van der Waals surface area (Å²) in [6.45, 7) is 0.667. The zero-order chi connectivity index (χ0) is 26.0. The summed E-state index contributed by atoms with van der Waals surface area (Å²) in [6.07, 6.45) is 0. The van der Waals surface area contributed by atoms with Gasteiger partial charge in [-0.2, -0.15) is 0 Å². The van der Waals surface area contributed by atoms with Crippen molar-refractivity contribution in [3.05, 3.63) is 104 Å². The third kappa shape index (κ3) is 8.88. The molecule has 0 bridgehead atoms. The minimum atomic E-state index is -3.42. The van der Waals surface area contributed by atoms with Crippen LogP contribution in [0.4, 0.5) is 0 Å². The maximum absolute atomic E-state index is 12.0. The van der Waals surface area contributed by atoms with Crippen LogP contribution in [-0.2, 0) is 43.8 Å². The molecule has 0 aliphatic heterocycles. The number of hydrogen-bond donors (Lipinski definition) is 2. The van der Waals surface area contributed by atoms with E-state index in [0.29, 0.717) is 22.9 Å². The van der Waals surface area contributed by atoms with E-state index in [1.165, 1.54) is 22.7 Å². The highest BCUT2D eigenvalue weighted by molar-refractivity contribution is 9.08. The monoisotopic (exact) mass is 690 g/mol. The van der Waals surface area contributed by atoms with E-state index >= 15 is 0 Å². The molecule has 4 rings (SSSR count). The third-order valence-electron chi connectivity index (χ3n) is 4.81. The highest BCUT2D eigenvalue weighted by Gasteiger charge is 2.14. The second-order valence-electron chi connectivity index (χ2n) is 7.36. The van der Waals surface area contributed by atoms with Crippen LogP contribution in [0.5, 0.6) is 0 Å². The van der Waals surface area contributed by atoms with Gasteiger partial charge in [0, 0.05) is 33.5 Å². The molecular formula is C24H24Br2N2O4S4. The van der Waals surface area contributed by atoms with E-state index in [2.05, 4.69) is 41.3 Å². The lowest BCUT2D eigenvalue weighted by atomic mass is 10.2. The van der Waals surface area contributed by atoms with Gasteiger partial charge in [0.2, 0.25) is 20.0 Å². The average Bonchev–Trinajstić information content (AvgIpc) is 3.61. The van der Waals surface area contributed by atoms with Gasteiger partial charge in [-0.25, -0.2) is 26.3 Å². The third-order valence-corrected chi connectivity index (χ3v) is 10.7. The van der Waals surface area contributed by atoms with Crippen molar-refractivity contribution in [2.45, 2.75) is 33.5 Å². The van der Waals surface area contributed by atoms with E-state index in [-0.39, 0.29) is 0 Å². The summed E-state index contributed by atoms with van der Waals surface area (Å²) >= 11 is 9.71. The van der Waals surface area contributed by atoms with Crippen LogP contribution in [0.3, 0.4) is 0 Å². The van der Waals surface area contributed by atoms with Crippen LogP contribution < -0.4 is 9.44 Å². The van der Waals surface area contributed by atoms with Crippen molar-refractivity contribution in [2.24, 2.45) is 0 Å².